The first-order valence-electron chi connectivity index (χ1n) is 10.6. The molecule has 0 saturated carbocycles. The third kappa shape index (κ3) is 3.82. The van der Waals surface area contributed by atoms with E-state index < -0.39 is 0 Å². The summed E-state index contributed by atoms with van der Waals surface area (Å²) in [5.74, 6) is 0.0143. The molecule has 2 aromatic carbocycles. The summed E-state index contributed by atoms with van der Waals surface area (Å²) in [6, 6.07) is 12.8. The van der Waals surface area contributed by atoms with Gasteiger partial charge in [0.1, 0.15) is 11.6 Å². The number of amides is 1. The third-order valence-electron chi connectivity index (χ3n) is 6.39. The molecular weight excluding hydrogens is 461 g/mol. The van der Waals surface area contributed by atoms with E-state index >= 15 is 0 Å². The van der Waals surface area contributed by atoms with Crippen molar-refractivity contribution in [2.24, 2.45) is 11.1 Å². The summed E-state index contributed by atoms with van der Waals surface area (Å²) >= 11 is 7.16. The van der Waals surface area contributed by atoms with Crippen LogP contribution in [0, 0.1) is 11.7 Å². The van der Waals surface area contributed by atoms with Crippen LogP contribution in [0.1, 0.15) is 12.5 Å². The van der Waals surface area contributed by atoms with E-state index in [9.17, 15) is 9.18 Å². The fourth-order valence-corrected chi connectivity index (χ4v) is 5.28. The number of pyridine rings is 1. The molecule has 0 radical (unpaired) electrons. The zero-order valence-corrected chi connectivity index (χ0v) is 19.5. The zero-order chi connectivity index (χ0) is 23.3. The Kier molecular flexibility index (Phi) is 5.68. The van der Waals surface area contributed by atoms with Crippen molar-refractivity contribution in [3.8, 4) is 11.1 Å². The quantitative estimate of drug-likeness (QED) is 0.531. The number of nitrogen functional groups attached to an aromatic ring is 1. The number of nitrogens with two attached hydrogens (primary N) is 2. The van der Waals surface area contributed by atoms with E-state index in [0.29, 0.717) is 35.2 Å². The van der Waals surface area contributed by atoms with Crippen molar-refractivity contribution < 1.29 is 9.18 Å². The number of hydrogen-bond donors (Lipinski definition) is 2. The van der Waals surface area contributed by atoms with E-state index in [1.807, 2.05) is 36.1 Å². The lowest BCUT2D eigenvalue weighted by molar-refractivity contribution is -0.123. The van der Waals surface area contributed by atoms with Crippen LogP contribution in [0.15, 0.2) is 53.6 Å². The van der Waals surface area contributed by atoms with Crippen molar-refractivity contribution in [3.63, 3.8) is 0 Å². The molecule has 0 aliphatic carbocycles. The molecule has 33 heavy (non-hydrogen) atoms. The maximum absolute atomic E-state index is 14.1. The molecule has 170 valence electrons. The number of benzene rings is 2. The first-order chi connectivity index (χ1) is 15.9. The molecule has 6 nitrogen and oxygen atoms in total. The van der Waals surface area contributed by atoms with Crippen molar-refractivity contribution in [3.05, 3.63) is 65.1 Å². The van der Waals surface area contributed by atoms with Gasteiger partial charge >= 0.3 is 0 Å². The van der Waals surface area contributed by atoms with E-state index in [4.69, 9.17) is 22.5 Å². The Morgan fingerprint density at radius 1 is 1.21 bits per heavy atom. The fourth-order valence-electron chi connectivity index (χ4n) is 4.67. The second-order valence-electron chi connectivity index (χ2n) is 8.49. The molecule has 1 saturated heterocycles. The molecule has 1 amide bonds. The Morgan fingerprint density at radius 2 is 1.94 bits per heavy atom. The van der Waals surface area contributed by atoms with Crippen LogP contribution in [0.3, 0.4) is 0 Å². The highest BCUT2D eigenvalue weighted by Gasteiger charge is 2.40. The van der Waals surface area contributed by atoms with Crippen molar-refractivity contribution in [2.75, 3.05) is 28.6 Å². The van der Waals surface area contributed by atoms with Crippen LogP contribution in [0.2, 0.25) is 5.02 Å². The summed E-state index contributed by atoms with van der Waals surface area (Å²) in [7, 11) is 0. The number of aromatic nitrogens is 1. The molecule has 3 heterocycles. The van der Waals surface area contributed by atoms with E-state index in [2.05, 4.69) is 9.88 Å². The molecule has 0 spiro atoms. The lowest BCUT2D eigenvalue weighted by Crippen LogP contribution is -2.55. The van der Waals surface area contributed by atoms with Crippen LogP contribution in [0.4, 0.5) is 21.6 Å². The Labute approximate surface area is 200 Å². The Balaban J connectivity index is 1.29. The zero-order valence-electron chi connectivity index (χ0n) is 18.0. The summed E-state index contributed by atoms with van der Waals surface area (Å²) in [4.78, 5) is 21.8. The molecular formula is C24H23ClFN5OS. The average molecular weight is 484 g/mol. The van der Waals surface area contributed by atoms with Gasteiger partial charge in [0.2, 0.25) is 5.91 Å². The van der Waals surface area contributed by atoms with Gasteiger partial charge in [-0.25, -0.2) is 9.37 Å². The number of anilines is 3. The molecule has 4 N–H and O–H groups in total. The van der Waals surface area contributed by atoms with Crippen LogP contribution in [-0.4, -0.2) is 30.0 Å². The van der Waals surface area contributed by atoms with Crippen LogP contribution in [-0.2, 0) is 11.2 Å². The smallest absolute Gasteiger partial charge is 0.233 e. The highest BCUT2D eigenvalue weighted by Crippen LogP contribution is 2.39. The summed E-state index contributed by atoms with van der Waals surface area (Å²) in [6.45, 7) is 3.26. The molecule has 1 atom stereocenters. The minimum absolute atomic E-state index is 0.00653. The average Bonchev–Trinajstić information content (AvgIpc) is 3.07. The molecule has 2 aliphatic heterocycles. The van der Waals surface area contributed by atoms with Gasteiger partial charge in [-0.2, -0.15) is 0 Å². The number of fused-ring (bicyclic) bond motifs is 1. The summed E-state index contributed by atoms with van der Waals surface area (Å²) in [6.07, 6.45) is 2.23. The molecule has 0 unspecified atom stereocenters. The van der Waals surface area contributed by atoms with Crippen molar-refractivity contribution in [1.29, 1.82) is 0 Å². The van der Waals surface area contributed by atoms with Gasteiger partial charge in [-0.05, 0) is 66.8 Å². The first-order valence-corrected chi connectivity index (χ1v) is 11.9. The van der Waals surface area contributed by atoms with Crippen LogP contribution < -0.4 is 20.7 Å². The number of rotatable bonds is 4. The van der Waals surface area contributed by atoms with Gasteiger partial charge in [0.25, 0.3) is 0 Å². The number of carbonyl (C=O) groups excluding carboxylic acids is 1. The van der Waals surface area contributed by atoms with E-state index in [1.165, 1.54) is 6.07 Å². The van der Waals surface area contributed by atoms with Crippen molar-refractivity contribution in [1.82, 2.24) is 4.98 Å². The Bertz CT molecular complexity index is 1210. The van der Waals surface area contributed by atoms with Gasteiger partial charge in [0, 0.05) is 42.3 Å². The first kappa shape index (κ1) is 22.0. The topological polar surface area (TPSA) is 88.5 Å². The maximum atomic E-state index is 14.1. The maximum Gasteiger partial charge on any atom is 0.233 e. The summed E-state index contributed by atoms with van der Waals surface area (Å²) in [5.41, 5.74) is 10.3. The van der Waals surface area contributed by atoms with Crippen molar-refractivity contribution >= 4 is 46.6 Å². The molecule has 3 aromatic rings. The molecule has 9 heteroatoms. The van der Waals surface area contributed by atoms with Gasteiger partial charge in [-0.15, -0.1) is 0 Å². The summed E-state index contributed by atoms with van der Waals surface area (Å²) in [5, 5.41) is 6.15. The molecule has 2 aliphatic rings. The normalized spacial score (nSPS) is 17.8. The predicted octanol–water partition coefficient (Wildman–Crippen LogP) is 4.50. The van der Waals surface area contributed by atoms with E-state index in [0.717, 1.165) is 40.0 Å². The van der Waals surface area contributed by atoms with Crippen LogP contribution in [0.25, 0.3) is 11.1 Å². The van der Waals surface area contributed by atoms with Gasteiger partial charge in [0.05, 0.1) is 15.8 Å². The van der Waals surface area contributed by atoms with Crippen LogP contribution >= 0.6 is 23.5 Å². The number of nitrogens with zero attached hydrogens (tertiary/aromatic N) is 3. The number of halogens is 2. The van der Waals surface area contributed by atoms with Gasteiger partial charge in [-0.3, -0.25) is 9.93 Å². The SMILES string of the molecule is C[C@H]1Cc2cc(F)c(SN)cc2N1C(=O)C1CN(c2ccc(-c3c(Cl)ccnc3N)cc2)C1. The fraction of sp³-hybridized carbons (Fsp3) is 0.250. The molecule has 0 bridgehead atoms. The van der Waals surface area contributed by atoms with Gasteiger partial charge in [0.15, 0.2) is 0 Å². The second-order valence-corrected chi connectivity index (χ2v) is 9.58. The highest BCUT2D eigenvalue weighted by molar-refractivity contribution is 7.97. The highest BCUT2D eigenvalue weighted by atomic mass is 35.5. The third-order valence-corrected chi connectivity index (χ3v) is 7.28. The lowest BCUT2D eigenvalue weighted by Gasteiger charge is -2.42. The van der Waals surface area contributed by atoms with Crippen LogP contribution in [0.5, 0.6) is 0 Å². The Hall–Kier alpha value is -2.81. The van der Waals surface area contributed by atoms with Crippen molar-refractivity contribution in [2.45, 2.75) is 24.3 Å². The monoisotopic (exact) mass is 483 g/mol. The number of hydrogen-bond acceptors (Lipinski definition) is 6. The standard InChI is InChI=1S/C24H23ClFN5OS/c1-13-8-15-9-19(26)21(33-28)10-20(15)31(13)24(32)16-11-30(12-16)17-4-2-14(3-5-17)22-18(25)6-7-29-23(22)27/h2-7,9-10,13,16H,8,11-12,28H2,1H3,(H2,27,29)/t13-/m0/s1. The van der Waals surface area contributed by atoms with E-state index in [1.54, 1.807) is 18.3 Å². The molecule has 5 rings (SSSR count). The molecule has 1 aromatic heterocycles. The lowest BCUT2D eigenvalue weighted by atomic mass is 9.96. The van der Waals surface area contributed by atoms with Gasteiger partial charge < -0.3 is 15.5 Å². The van der Waals surface area contributed by atoms with Gasteiger partial charge in [-0.1, -0.05) is 23.7 Å². The second kappa shape index (κ2) is 8.52. The largest absolute Gasteiger partial charge is 0.383 e. The predicted molar refractivity (Wildman–Crippen MR) is 132 cm³/mol. The van der Waals surface area contributed by atoms with E-state index in [-0.39, 0.29) is 23.7 Å². The summed E-state index contributed by atoms with van der Waals surface area (Å²) < 4.78 is 14.1. The molecule has 1 fully saturated rings. The minimum Gasteiger partial charge on any atom is -0.383 e. The Morgan fingerprint density at radius 3 is 2.61 bits per heavy atom. The number of carbonyl (C=O) groups is 1. The minimum atomic E-state index is -0.338.